The summed E-state index contributed by atoms with van der Waals surface area (Å²) in [5.41, 5.74) is 5.99. The molecule has 0 bridgehead atoms. The van der Waals surface area contributed by atoms with Crippen LogP contribution in [0.4, 0.5) is 0 Å². The van der Waals surface area contributed by atoms with E-state index in [0.29, 0.717) is 5.92 Å². The van der Waals surface area contributed by atoms with E-state index in [0.717, 1.165) is 42.5 Å². The van der Waals surface area contributed by atoms with Gasteiger partial charge >= 0.3 is 0 Å². The second-order valence-corrected chi connectivity index (χ2v) is 7.22. The van der Waals surface area contributed by atoms with Crippen LogP contribution in [0.3, 0.4) is 0 Å². The Bertz CT molecular complexity index is 765. The number of benzene rings is 1. The third-order valence-corrected chi connectivity index (χ3v) is 4.86. The van der Waals surface area contributed by atoms with Gasteiger partial charge in [-0.25, -0.2) is 4.68 Å². The standard InChI is InChI=1S/C20H29N3O2/c1-12(2)18-16(20(24-6)23(5)22-18)11-21-17-7-8-25-19-14(4)9-13(3)10-15(17)19/h9-10,12,17,21H,7-8,11H2,1-6H3. The molecule has 0 amide bonds. The third kappa shape index (κ3) is 3.38. The van der Waals surface area contributed by atoms with Crippen LogP contribution in [-0.4, -0.2) is 23.5 Å². The molecule has 2 aromatic rings. The fraction of sp³-hybridized carbons (Fsp3) is 0.550. The lowest BCUT2D eigenvalue weighted by Gasteiger charge is -2.28. The first-order chi connectivity index (χ1) is 11.9. The highest BCUT2D eigenvalue weighted by Gasteiger charge is 2.25. The van der Waals surface area contributed by atoms with Gasteiger partial charge in [0.25, 0.3) is 0 Å². The van der Waals surface area contributed by atoms with E-state index < -0.39 is 0 Å². The minimum Gasteiger partial charge on any atom is -0.493 e. The minimum atomic E-state index is 0.285. The van der Waals surface area contributed by atoms with Crippen LogP contribution in [-0.2, 0) is 13.6 Å². The van der Waals surface area contributed by atoms with E-state index in [9.17, 15) is 0 Å². The predicted molar refractivity (Wildman–Crippen MR) is 99.5 cm³/mol. The Morgan fingerprint density at radius 3 is 2.80 bits per heavy atom. The summed E-state index contributed by atoms with van der Waals surface area (Å²) < 4.78 is 13.3. The molecule has 0 radical (unpaired) electrons. The van der Waals surface area contributed by atoms with Crippen molar-refractivity contribution in [2.24, 2.45) is 7.05 Å². The Hall–Kier alpha value is -2.01. The van der Waals surface area contributed by atoms with E-state index in [1.807, 2.05) is 11.7 Å². The smallest absolute Gasteiger partial charge is 0.216 e. The van der Waals surface area contributed by atoms with Gasteiger partial charge in [0.05, 0.1) is 25.0 Å². The van der Waals surface area contributed by atoms with Crippen LogP contribution in [0, 0.1) is 13.8 Å². The second-order valence-electron chi connectivity index (χ2n) is 7.22. The monoisotopic (exact) mass is 343 g/mol. The molecule has 0 aliphatic carbocycles. The molecule has 1 N–H and O–H groups in total. The van der Waals surface area contributed by atoms with Crippen molar-refractivity contribution in [1.29, 1.82) is 0 Å². The van der Waals surface area contributed by atoms with E-state index in [4.69, 9.17) is 9.47 Å². The van der Waals surface area contributed by atoms with Crippen molar-refractivity contribution in [2.45, 2.75) is 52.6 Å². The fourth-order valence-corrected chi connectivity index (χ4v) is 3.77. The minimum absolute atomic E-state index is 0.285. The molecule has 1 aliphatic rings. The van der Waals surface area contributed by atoms with Gasteiger partial charge in [0.1, 0.15) is 5.75 Å². The molecule has 1 aromatic carbocycles. The van der Waals surface area contributed by atoms with Crippen molar-refractivity contribution >= 4 is 0 Å². The zero-order chi connectivity index (χ0) is 18.1. The molecule has 0 fully saturated rings. The third-order valence-electron chi connectivity index (χ3n) is 4.86. The van der Waals surface area contributed by atoms with Crippen LogP contribution >= 0.6 is 0 Å². The average Bonchev–Trinajstić information content (AvgIpc) is 2.88. The number of nitrogens with zero attached hydrogens (tertiary/aromatic N) is 2. The summed E-state index contributed by atoms with van der Waals surface area (Å²) in [6.45, 7) is 10.1. The zero-order valence-corrected chi connectivity index (χ0v) is 16.1. The summed E-state index contributed by atoms with van der Waals surface area (Å²) in [5.74, 6) is 2.24. The van der Waals surface area contributed by atoms with Crippen LogP contribution in [0.25, 0.3) is 0 Å². The largest absolute Gasteiger partial charge is 0.493 e. The molecular weight excluding hydrogens is 314 g/mol. The fourth-order valence-electron chi connectivity index (χ4n) is 3.77. The van der Waals surface area contributed by atoms with E-state index in [2.05, 4.69) is 50.2 Å². The summed E-state index contributed by atoms with van der Waals surface area (Å²) in [7, 11) is 3.64. The van der Waals surface area contributed by atoms with Crippen LogP contribution in [0.1, 0.15) is 60.2 Å². The van der Waals surface area contributed by atoms with E-state index >= 15 is 0 Å². The molecule has 1 aliphatic heterocycles. The van der Waals surface area contributed by atoms with E-state index in [1.165, 1.54) is 16.7 Å². The van der Waals surface area contributed by atoms with Crippen molar-refractivity contribution in [3.05, 3.63) is 40.1 Å². The highest BCUT2D eigenvalue weighted by molar-refractivity contribution is 5.46. The number of rotatable bonds is 5. The van der Waals surface area contributed by atoms with Crippen molar-refractivity contribution in [3.63, 3.8) is 0 Å². The first-order valence-electron chi connectivity index (χ1n) is 8.99. The van der Waals surface area contributed by atoms with Crippen LogP contribution in [0.15, 0.2) is 12.1 Å². The SMILES string of the molecule is COc1c(CNC2CCOc3c(C)cc(C)cc32)c(C(C)C)nn1C. The summed E-state index contributed by atoms with van der Waals surface area (Å²) >= 11 is 0. The molecule has 136 valence electrons. The molecule has 1 atom stereocenters. The maximum absolute atomic E-state index is 5.92. The molecule has 2 heterocycles. The summed E-state index contributed by atoms with van der Waals surface area (Å²) in [5, 5.41) is 8.36. The molecule has 25 heavy (non-hydrogen) atoms. The van der Waals surface area contributed by atoms with Gasteiger partial charge in [-0.2, -0.15) is 5.10 Å². The maximum atomic E-state index is 5.92. The Morgan fingerprint density at radius 2 is 2.12 bits per heavy atom. The van der Waals surface area contributed by atoms with Gasteiger partial charge in [0.15, 0.2) is 0 Å². The number of ether oxygens (including phenoxy) is 2. The molecule has 0 saturated carbocycles. The quantitative estimate of drug-likeness (QED) is 0.897. The Labute approximate surface area is 150 Å². The number of methoxy groups -OCH3 is 1. The first-order valence-corrected chi connectivity index (χ1v) is 8.99. The van der Waals surface area contributed by atoms with Gasteiger partial charge in [-0.15, -0.1) is 0 Å². The van der Waals surface area contributed by atoms with Gasteiger partial charge in [0.2, 0.25) is 5.88 Å². The van der Waals surface area contributed by atoms with Gasteiger partial charge in [-0.3, -0.25) is 0 Å². The van der Waals surface area contributed by atoms with Gasteiger partial charge < -0.3 is 14.8 Å². The predicted octanol–water partition coefficient (Wildman–Crippen LogP) is 3.78. The lowest BCUT2D eigenvalue weighted by Crippen LogP contribution is -2.27. The maximum Gasteiger partial charge on any atom is 0.216 e. The number of hydrogen-bond acceptors (Lipinski definition) is 4. The molecule has 5 nitrogen and oxygen atoms in total. The molecule has 1 unspecified atom stereocenters. The van der Waals surface area contributed by atoms with Gasteiger partial charge in [-0.1, -0.05) is 31.5 Å². The normalized spacial score (nSPS) is 16.7. The first kappa shape index (κ1) is 17.8. The second kappa shape index (κ2) is 7.08. The average molecular weight is 343 g/mol. The Kier molecular flexibility index (Phi) is 5.04. The number of aromatic nitrogens is 2. The lowest BCUT2D eigenvalue weighted by atomic mass is 9.95. The van der Waals surface area contributed by atoms with Crippen molar-refractivity contribution in [2.75, 3.05) is 13.7 Å². The molecular formula is C20H29N3O2. The topological polar surface area (TPSA) is 48.3 Å². The van der Waals surface area contributed by atoms with Crippen molar-refractivity contribution in [1.82, 2.24) is 15.1 Å². The summed E-state index contributed by atoms with van der Waals surface area (Å²) in [6.07, 6.45) is 0.968. The van der Waals surface area contributed by atoms with Crippen molar-refractivity contribution < 1.29 is 9.47 Å². The van der Waals surface area contributed by atoms with E-state index in [1.54, 1.807) is 7.11 Å². The molecule has 3 rings (SSSR count). The number of nitrogens with one attached hydrogen (secondary N) is 1. The number of aryl methyl sites for hydroxylation is 3. The van der Waals surface area contributed by atoms with Crippen LogP contribution in [0.2, 0.25) is 0 Å². The summed E-state index contributed by atoms with van der Waals surface area (Å²) in [4.78, 5) is 0. The molecule has 5 heteroatoms. The van der Waals surface area contributed by atoms with Crippen molar-refractivity contribution in [3.8, 4) is 11.6 Å². The highest BCUT2D eigenvalue weighted by Crippen LogP contribution is 2.36. The van der Waals surface area contributed by atoms with Gasteiger partial charge in [0, 0.05) is 31.6 Å². The Morgan fingerprint density at radius 1 is 1.36 bits per heavy atom. The molecule has 0 saturated heterocycles. The van der Waals surface area contributed by atoms with Crippen LogP contribution < -0.4 is 14.8 Å². The lowest BCUT2D eigenvalue weighted by molar-refractivity contribution is 0.250. The van der Waals surface area contributed by atoms with Gasteiger partial charge in [-0.05, 0) is 25.3 Å². The van der Waals surface area contributed by atoms with E-state index in [-0.39, 0.29) is 6.04 Å². The number of fused-ring (bicyclic) bond motifs is 1. The Balaban J connectivity index is 1.87. The zero-order valence-electron chi connectivity index (χ0n) is 16.1. The summed E-state index contributed by atoms with van der Waals surface area (Å²) in [6, 6.07) is 4.71. The van der Waals surface area contributed by atoms with Crippen LogP contribution in [0.5, 0.6) is 11.6 Å². The highest BCUT2D eigenvalue weighted by atomic mass is 16.5. The molecule has 0 spiro atoms. The molecule has 1 aromatic heterocycles. The number of hydrogen-bond donors (Lipinski definition) is 1.